The second kappa shape index (κ2) is 9.96. The molecule has 0 spiro atoms. The number of ether oxygens (including phenoxy) is 1. The van der Waals surface area contributed by atoms with Crippen LogP contribution >= 0.6 is 0 Å². The zero-order valence-corrected chi connectivity index (χ0v) is 21.6. The predicted octanol–water partition coefficient (Wildman–Crippen LogP) is 4.68. The van der Waals surface area contributed by atoms with E-state index in [9.17, 15) is 27.1 Å². The predicted molar refractivity (Wildman–Crippen MR) is 132 cm³/mol. The minimum atomic E-state index is -4.25. The Kier molecular flexibility index (Phi) is 7.02. The van der Waals surface area contributed by atoms with E-state index in [0.717, 1.165) is 6.07 Å². The lowest BCUT2D eigenvalue weighted by molar-refractivity contribution is -0.0194. The molecule has 7 nitrogen and oxygen atoms in total. The number of halogens is 2. The van der Waals surface area contributed by atoms with Gasteiger partial charge in [-0.3, -0.25) is 0 Å². The van der Waals surface area contributed by atoms with E-state index in [4.69, 9.17) is 4.74 Å². The molecular weight excluding hydrogens is 502 g/mol. The first-order chi connectivity index (χ1) is 17.6. The Hall–Kier alpha value is -2.56. The molecule has 0 radical (unpaired) electrons. The maximum absolute atomic E-state index is 14.5. The van der Waals surface area contributed by atoms with Gasteiger partial charge < -0.3 is 14.7 Å². The van der Waals surface area contributed by atoms with Gasteiger partial charge in [-0.1, -0.05) is 18.2 Å². The van der Waals surface area contributed by atoms with E-state index < -0.39 is 51.5 Å². The van der Waals surface area contributed by atoms with Crippen molar-refractivity contribution in [1.82, 2.24) is 9.21 Å². The number of carbonyl (C=O) groups excluding carboxylic acids is 1. The summed E-state index contributed by atoms with van der Waals surface area (Å²) in [6, 6.07) is 8.28. The highest BCUT2D eigenvalue weighted by Gasteiger charge is 2.60. The van der Waals surface area contributed by atoms with Crippen LogP contribution in [0.15, 0.2) is 47.4 Å². The molecule has 0 aromatic heterocycles. The summed E-state index contributed by atoms with van der Waals surface area (Å²) in [5.74, 6) is -1.11. The summed E-state index contributed by atoms with van der Waals surface area (Å²) in [6.07, 6.45) is 2.64. The van der Waals surface area contributed by atoms with E-state index in [2.05, 4.69) is 0 Å². The minimum Gasteiger partial charge on any atom is -0.441 e. The van der Waals surface area contributed by atoms with Gasteiger partial charge in [-0.25, -0.2) is 22.0 Å². The molecule has 3 aliphatic rings. The van der Waals surface area contributed by atoms with Crippen LogP contribution in [0.4, 0.5) is 13.6 Å². The Balaban J connectivity index is 1.53. The van der Waals surface area contributed by atoms with Crippen LogP contribution in [0.2, 0.25) is 0 Å². The van der Waals surface area contributed by atoms with Crippen molar-refractivity contribution in [3.05, 3.63) is 65.2 Å². The number of piperidine rings is 2. The molecule has 1 aliphatic carbocycles. The molecular formula is C27H32F2N2O5S. The number of aryl methyl sites for hydroxylation is 1. The molecule has 2 aliphatic heterocycles. The van der Waals surface area contributed by atoms with Crippen LogP contribution in [-0.2, 0) is 14.8 Å². The molecule has 2 saturated heterocycles. The summed E-state index contributed by atoms with van der Waals surface area (Å²) < 4.78 is 64.3. The van der Waals surface area contributed by atoms with Gasteiger partial charge in [0.2, 0.25) is 10.0 Å². The number of sulfonamides is 1. The lowest BCUT2D eigenvalue weighted by atomic mass is 9.90. The maximum Gasteiger partial charge on any atom is 0.410 e. The summed E-state index contributed by atoms with van der Waals surface area (Å²) in [7, 11) is -4.25. The number of aliphatic hydroxyl groups is 1. The Labute approximate surface area is 216 Å². The Bertz CT molecular complexity index is 1280. The highest BCUT2D eigenvalue weighted by molar-refractivity contribution is 7.89. The number of aliphatic hydroxyl groups excluding tert-OH is 1. The van der Waals surface area contributed by atoms with E-state index in [1.165, 1.54) is 33.5 Å². The SMILES string of the molecule is Cc1ccc(S(=O)(=O)N2[C@H](c3cccc(F)c3)CCC[C@@H]2C2(OC(=O)N3CCCC(O)C3)CC2)cc1F. The van der Waals surface area contributed by atoms with E-state index in [0.29, 0.717) is 62.6 Å². The number of likely N-dealkylation sites (tertiary alicyclic amines) is 1. The lowest BCUT2D eigenvalue weighted by Crippen LogP contribution is -2.54. The van der Waals surface area contributed by atoms with Crippen molar-refractivity contribution in [1.29, 1.82) is 0 Å². The molecule has 3 atom stereocenters. The van der Waals surface area contributed by atoms with Crippen LogP contribution in [0.1, 0.15) is 62.1 Å². The van der Waals surface area contributed by atoms with Crippen LogP contribution in [0.3, 0.4) is 0 Å². The second-order valence-corrected chi connectivity index (χ2v) is 12.3. The van der Waals surface area contributed by atoms with Gasteiger partial charge in [0.25, 0.3) is 0 Å². The number of rotatable bonds is 5. The van der Waals surface area contributed by atoms with Crippen LogP contribution in [-0.4, -0.2) is 59.7 Å². The molecule has 2 aromatic carbocycles. The molecule has 2 heterocycles. The molecule has 5 rings (SSSR count). The smallest absolute Gasteiger partial charge is 0.410 e. The Morgan fingerprint density at radius 1 is 1.08 bits per heavy atom. The van der Waals surface area contributed by atoms with Gasteiger partial charge in [-0.05, 0) is 87.3 Å². The molecule has 1 N–H and O–H groups in total. The third kappa shape index (κ3) is 5.11. The van der Waals surface area contributed by atoms with E-state index in [1.54, 1.807) is 19.1 Å². The summed E-state index contributed by atoms with van der Waals surface area (Å²) >= 11 is 0. The van der Waals surface area contributed by atoms with Crippen molar-refractivity contribution in [3.8, 4) is 0 Å². The first-order valence-electron chi connectivity index (χ1n) is 12.8. The topological polar surface area (TPSA) is 87.2 Å². The fraction of sp³-hybridized carbons (Fsp3) is 0.519. The number of amides is 1. The number of β-amino-alcohol motifs (C(OH)–C–C–N with tert-alkyl or cyclic N) is 1. The Morgan fingerprint density at radius 3 is 2.54 bits per heavy atom. The average Bonchev–Trinajstić information content (AvgIpc) is 3.65. The lowest BCUT2D eigenvalue weighted by Gasteiger charge is -2.45. The van der Waals surface area contributed by atoms with Crippen LogP contribution in [0.5, 0.6) is 0 Å². The number of nitrogens with zero attached hydrogens (tertiary/aromatic N) is 2. The zero-order chi connectivity index (χ0) is 26.4. The van der Waals surface area contributed by atoms with Crippen molar-refractivity contribution in [2.75, 3.05) is 13.1 Å². The summed E-state index contributed by atoms with van der Waals surface area (Å²) in [4.78, 5) is 14.3. The highest BCUT2D eigenvalue weighted by Crippen LogP contribution is 2.52. The summed E-state index contributed by atoms with van der Waals surface area (Å²) in [6.45, 7) is 2.20. The molecule has 10 heteroatoms. The van der Waals surface area contributed by atoms with Gasteiger partial charge in [0.1, 0.15) is 17.2 Å². The average molecular weight is 535 g/mol. The number of hydrogen-bond acceptors (Lipinski definition) is 5. The zero-order valence-electron chi connectivity index (χ0n) is 20.8. The second-order valence-electron chi connectivity index (χ2n) is 10.4. The first kappa shape index (κ1) is 26.1. The molecule has 200 valence electrons. The normalized spacial score (nSPS) is 26.1. The van der Waals surface area contributed by atoms with Crippen LogP contribution in [0, 0.1) is 18.6 Å². The van der Waals surface area contributed by atoms with Gasteiger partial charge in [0.05, 0.1) is 23.1 Å². The number of benzene rings is 2. The monoisotopic (exact) mass is 534 g/mol. The van der Waals surface area contributed by atoms with E-state index in [1.807, 2.05) is 0 Å². The number of carbonyl (C=O) groups is 1. The van der Waals surface area contributed by atoms with Gasteiger partial charge in [-0.2, -0.15) is 4.31 Å². The molecule has 0 bridgehead atoms. The third-order valence-electron chi connectivity index (χ3n) is 7.82. The Morgan fingerprint density at radius 2 is 1.86 bits per heavy atom. The van der Waals surface area contributed by atoms with Gasteiger partial charge in [-0.15, -0.1) is 0 Å². The number of hydrogen-bond donors (Lipinski definition) is 1. The molecule has 37 heavy (non-hydrogen) atoms. The standard InChI is InChI=1S/C27H32F2N2O5S/c1-18-10-11-22(16-23(18)29)37(34,35)31-24(19-5-2-6-20(28)15-19)8-3-9-25(31)27(12-13-27)36-26(33)30-14-4-7-21(32)17-30/h2,5-6,10-11,15-16,21,24-25,32H,3-4,7-9,12-14,17H2,1H3/t21?,24-,25+/m0/s1. The molecule has 2 aromatic rings. The third-order valence-corrected chi connectivity index (χ3v) is 9.73. The molecule has 3 fully saturated rings. The van der Waals surface area contributed by atoms with Crippen molar-refractivity contribution in [2.24, 2.45) is 0 Å². The highest BCUT2D eigenvalue weighted by atomic mass is 32.2. The van der Waals surface area contributed by atoms with Crippen molar-refractivity contribution < 1.29 is 31.8 Å². The minimum absolute atomic E-state index is 0.177. The van der Waals surface area contributed by atoms with Gasteiger partial charge in [0, 0.05) is 13.1 Å². The molecule has 1 amide bonds. The summed E-state index contributed by atoms with van der Waals surface area (Å²) in [5.41, 5.74) is -0.198. The maximum atomic E-state index is 14.5. The van der Waals surface area contributed by atoms with Crippen molar-refractivity contribution in [3.63, 3.8) is 0 Å². The largest absolute Gasteiger partial charge is 0.441 e. The van der Waals surface area contributed by atoms with E-state index in [-0.39, 0.29) is 11.4 Å². The molecule has 1 unspecified atom stereocenters. The first-order valence-corrected chi connectivity index (χ1v) is 14.3. The fourth-order valence-corrected chi connectivity index (χ4v) is 7.61. The molecule has 1 saturated carbocycles. The van der Waals surface area contributed by atoms with Gasteiger partial charge >= 0.3 is 6.09 Å². The quantitative estimate of drug-likeness (QED) is 0.602. The van der Waals surface area contributed by atoms with Crippen molar-refractivity contribution >= 4 is 16.1 Å². The van der Waals surface area contributed by atoms with E-state index >= 15 is 0 Å². The van der Waals surface area contributed by atoms with Crippen molar-refractivity contribution in [2.45, 2.75) is 80.6 Å². The fourth-order valence-electron chi connectivity index (χ4n) is 5.67. The van der Waals surface area contributed by atoms with Crippen LogP contribution < -0.4 is 0 Å². The van der Waals surface area contributed by atoms with Crippen LogP contribution in [0.25, 0.3) is 0 Å². The summed E-state index contributed by atoms with van der Waals surface area (Å²) in [5, 5.41) is 9.99. The van der Waals surface area contributed by atoms with Gasteiger partial charge in [0.15, 0.2) is 0 Å².